The van der Waals surface area contributed by atoms with Gasteiger partial charge in [-0.2, -0.15) is 0 Å². The van der Waals surface area contributed by atoms with Crippen LogP contribution in [-0.2, 0) is 9.53 Å². The molecule has 0 fully saturated rings. The molecule has 0 aliphatic carbocycles. The van der Waals surface area contributed by atoms with E-state index in [1.54, 1.807) is 0 Å². The zero-order valence-electron chi connectivity index (χ0n) is 6.89. The molecule has 11 heavy (non-hydrogen) atoms. The average Bonchev–Trinajstić information content (AvgIpc) is 2.02. The Kier molecular flexibility index (Phi) is 4.18. The van der Waals surface area contributed by atoms with E-state index in [9.17, 15) is 4.79 Å². The molecule has 0 spiro atoms. The molecule has 0 aromatic rings. The number of carbonyl (C=O) groups is 1. The monoisotopic (exact) mass is 155 g/mol. The van der Waals surface area contributed by atoms with Crippen molar-refractivity contribution < 1.29 is 9.53 Å². The van der Waals surface area contributed by atoms with Crippen LogP contribution in [-0.4, -0.2) is 19.3 Å². The predicted octanol–water partition coefficient (Wildman–Crippen LogP) is 1.39. The minimum atomic E-state index is -0.263. The molecule has 62 valence electrons. The van der Waals surface area contributed by atoms with Crippen molar-refractivity contribution in [3.63, 3.8) is 0 Å². The van der Waals surface area contributed by atoms with Gasteiger partial charge in [0.15, 0.2) is 0 Å². The number of allylic oxidation sites excluding steroid dienone is 1. The molecule has 0 saturated heterocycles. The first-order valence-electron chi connectivity index (χ1n) is 3.38. The number of esters is 1. The Hall–Kier alpha value is -1.12. The minimum absolute atomic E-state index is 0.0000463. The van der Waals surface area contributed by atoms with Gasteiger partial charge in [-0.05, 0) is 11.5 Å². The SMILES string of the molecule is C=C(C=N)[C@@H](C)CC(=O)OC. The molecule has 0 aromatic carbocycles. The fraction of sp³-hybridized carbons (Fsp3) is 0.500. The summed E-state index contributed by atoms with van der Waals surface area (Å²) in [5, 5.41) is 6.86. The highest BCUT2D eigenvalue weighted by atomic mass is 16.5. The molecule has 3 nitrogen and oxygen atoms in total. The van der Waals surface area contributed by atoms with Crippen molar-refractivity contribution in [1.29, 1.82) is 5.41 Å². The topological polar surface area (TPSA) is 50.2 Å². The number of hydrogen-bond acceptors (Lipinski definition) is 3. The standard InChI is InChI=1S/C8H13NO2/c1-6(7(2)5-9)4-8(10)11-3/h5-6,9H,2,4H2,1,3H3/t6-/m0/s1. The van der Waals surface area contributed by atoms with Crippen molar-refractivity contribution in [1.82, 2.24) is 0 Å². The average molecular weight is 155 g/mol. The van der Waals surface area contributed by atoms with E-state index in [4.69, 9.17) is 5.41 Å². The van der Waals surface area contributed by atoms with Crippen molar-refractivity contribution >= 4 is 12.2 Å². The maximum Gasteiger partial charge on any atom is 0.306 e. The summed E-state index contributed by atoms with van der Waals surface area (Å²) in [4.78, 5) is 10.7. The number of carbonyl (C=O) groups excluding carboxylic acids is 1. The van der Waals surface area contributed by atoms with Crippen molar-refractivity contribution in [2.45, 2.75) is 13.3 Å². The number of ether oxygens (including phenoxy) is 1. The van der Waals surface area contributed by atoms with Crippen LogP contribution in [0.5, 0.6) is 0 Å². The van der Waals surface area contributed by atoms with Crippen molar-refractivity contribution in [3.05, 3.63) is 12.2 Å². The molecule has 0 radical (unpaired) electrons. The van der Waals surface area contributed by atoms with E-state index >= 15 is 0 Å². The molecule has 0 aliphatic rings. The summed E-state index contributed by atoms with van der Waals surface area (Å²) in [5.41, 5.74) is 0.649. The summed E-state index contributed by atoms with van der Waals surface area (Å²) < 4.78 is 4.46. The van der Waals surface area contributed by atoms with Crippen LogP contribution in [0.3, 0.4) is 0 Å². The Morgan fingerprint density at radius 3 is 2.73 bits per heavy atom. The van der Waals surface area contributed by atoms with Crippen LogP contribution in [0.15, 0.2) is 12.2 Å². The molecule has 0 heterocycles. The number of hydrogen-bond donors (Lipinski definition) is 1. The van der Waals surface area contributed by atoms with E-state index in [0.29, 0.717) is 12.0 Å². The third kappa shape index (κ3) is 3.55. The summed E-state index contributed by atoms with van der Waals surface area (Å²) in [7, 11) is 1.35. The Morgan fingerprint density at radius 2 is 2.36 bits per heavy atom. The highest BCUT2D eigenvalue weighted by molar-refractivity contribution is 5.78. The molecule has 0 unspecified atom stereocenters. The first kappa shape index (κ1) is 9.88. The lowest BCUT2D eigenvalue weighted by Crippen LogP contribution is -2.09. The van der Waals surface area contributed by atoms with Gasteiger partial charge >= 0.3 is 5.97 Å². The molecular weight excluding hydrogens is 142 g/mol. The summed E-state index contributed by atoms with van der Waals surface area (Å²) in [6, 6.07) is 0. The summed E-state index contributed by atoms with van der Waals surface area (Å²) in [5.74, 6) is -0.263. The maximum absolute atomic E-state index is 10.7. The van der Waals surface area contributed by atoms with E-state index in [0.717, 1.165) is 6.21 Å². The van der Waals surface area contributed by atoms with Crippen LogP contribution in [0.2, 0.25) is 0 Å². The van der Waals surface area contributed by atoms with Gasteiger partial charge in [-0.3, -0.25) is 4.79 Å². The van der Waals surface area contributed by atoms with E-state index in [2.05, 4.69) is 11.3 Å². The Bertz CT molecular complexity index is 175. The van der Waals surface area contributed by atoms with Crippen molar-refractivity contribution in [2.24, 2.45) is 5.92 Å². The van der Waals surface area contributed by atoms with Gasteiger partial charge in [0.25, 0.3) is 0 Å². The quantitative estimate of drug-likeness (QED) is 0.492. The smallest absolute Gasteiger partial charge is 0.306 e. The highest BCUT2D eigenvalue weighted by Gasteiger charge is 2.09. The molecule has 0 bridgehead atoms. The largest absolute Gasteiger partial charge is 0.469 e. The molecule has 0 rings (SSSR count). The van der Waals surface area contributed by atoms with Crippen LogP contribution in [0, 0.1) is 11.3 Å². The molecule has 1 atom stereocenters. The van der Waals surface area contributed by atoms with Gasteiger partial charge in [0.2, 0.25) is 0 Å². The Balaban J connectivity index is 3.86. The third-order valence-corrected chi connectivity index (χ3v) is 1.52. The molecule has 0 aromatic heterocycles. The maximum atomic E-state index is 10.7. The molecule has 3 heteroatoms. The van der Waals surface area contributed by atoms with Crippen LogP contribution in [0.4, 0.5) is 0 Å². The van der Waals surface area contributed by atoms with Crippen LogP contribution >= 0.6 is 0 Å². The van der Waals surface area contributed by atoms with E-state index in [1.807, 2.05) is 6.92 Å². The second-order valence-corrected chi connectivity index (χ2v) is 2.40. The second-order valence-electron chi connectivity index (χ2n) is 2.40. The molecular formula is C8H13NO2. The van der Waals surface area contributed by atoms with Crippen LogP contribution in [0.1, 0.15) is 13.3 Å². The van der Waals surface area contributed by atoms with Gasteiger partial charge in [-0.25, -0.2) is 0 Å². The molecule has 0 saturated carbocycles. The third-order valence-electron chi connectivity index (χ3n) is 1.52. The zero-order valence-corrected chi connectivity index (χ0v) is 6.89. The second kappa shape index (κ2) is 4.66. The van der Waals surface area contributed by atoms with Crippen molar-refractivity contribution in [2.75, 3.05) is 7.11 Å². The summed E-state index contributed by atoms with van der Waals surface area (Å²) >= 11 is 0. The van der Waals surface area contributed by atoms with Gasteiger partial charge in [0.1, 0.15) is 0 Å². The first-order chi connectivity index (χ1) is 5.11. The summed E-state index contributed by atoms with van der Waals surface area (Å²) in [6.45, 7) is 5.45. The number of nitrogens with one attached hydrogen (secondary N) is 1. The van der Waals surface area contributed by atoms with Gasteiger partial charge in [0, 0.05) is 6.21 Å². The predicted molar refractivity (Wildman–Crippen MR) is 43.7 cm³/mol. The van der Waals surface area contributed by atoms with Gasteiger partial charge in [0.05, 0.1) is 13.5 Å². The van der Waals surface area contributed by atoms with Gasteiger partial charge in [-0.15, -0.1) is 0 Å². The van der Waals surface area contributed by atoms with E-state index < -0.39 is 0 Å². The number of methoxy groups -OCH3 is 1. The molecule has 1 N–H and O–H groups in total. The van der Waals surface area contributed by atoms with Crippen molar-refractivity contribution in [3.8, 4) is 0 Å². The zero-order chi connectivity index (χ0) is 8.85. The van der Waals surface area contributed by atoms with E-state index in [1.165, 1.54) is 7.11 Å². The van der Waals surface area contributed by atoms with E-state index in [-0.39, 0.29) is 11.9 Å². The lowest BCUT2D eigenvalue weighted by Gasteiger charge is -2.07. The fourth-order valence-electron chi connectivity index (χ4n) is 0.607. The van der Waals surface area contributed by atoms with Crippen LogP contribution < -0.4 is 0 Å². The Morgan fingerprint density at radius 1 is 1.82 bits per heavy atom. The normalized spacial score (nSPS) is 11.8. The number of rotatable bonds is 4. The van der Waals surface area contributed by atoms with Gasteiger partial charge < -0.3 is 10.1 Å². The minimum Gasteiger partial charge on any atom is -0.469 e. The Labute approximate surface area is 66.6 Å². The molecule has 0 aliphatic heterocycles. The lowest BCUT2D eigenvalue weighted by atomic mass is 10.0. The molecule has 0 amide bonds. The highest BCUT2D eigenvalue weighted by Crippen LogP contribution is 2.10. The van der Waals surface area contributed by atoms with Crippen LogP contribution in [0.25, 0.3) is 0 Å². The lowest BCUT2D eigenvalue weighted by molar-refractivity contribution is -0.141. The first-order valence-corrected chi connectivity index (χ1v) is 3.38. The summed E-state index contributed by atoms with van der Waals surface area (Å²) in [6.07, 6.45) is 1.46. The van der Waals surface area contributed by atoms with Gasteiger partial charge in [-0.1, -0.05) is 13.5 Å². The fourth-order valence-corrected chi connectivity index (χ4v) is 0.607.